The van der Waals surface area contributed by atoms with Crippen molar-refractivity contribution in [3.05, 3.63) is 58.5 Å². The fourth-order valence-corrected chi connectivity index (χ4v) is 1.91. The molecular weight excluding hydrogens is 307 g/mol. The van der Waals surface area contributed by atoms with E-state index in [2.05, 4.69) is 0 Å². The monoisotopic (exact) mass is 313 g/mol. The molecule has 1 aromatic heterocycles. The maximum Gasteiger partial charge on any atom is 0.416 e. The number of rotatable bonds is 3. The second-order valence-electron chi connectivity index (χ2n) is 4.15. The number of Topliss-reactive ketones (excluding diaryl/α,β-unsaturated/α-hetero) is 1. The van der Waals surface area contributed by atoms with Crippen LogP contribution in [0.3, 0.4) is 0 Å². The van der Waals surface area contributed by atoms with Crippen molar-refractivity contribution in [2.45, 2.75) is 12.1 Å². The number of halogens is 4. The quantitative estimate of drug-likeness (QED) is 0.787. The lowest BCUT2D eigenvalue weighted by molar-refractivity contribution is -0.137. The van der Waals surface area contributed by atoms with Crippen molar-refractivity contribution < 1.29 is 22.4 Å². The SMILES string of the molecule is N#CC(C(=O)c1ccc(Cl)o1)c1cccc(C(F)(F)F)c1. The minimum Gasteiger partial charge on any atom is -0.442 e. The third kappa shape index (κ3) is 3.26. The van der Waals surface area contributed by atoms with Gasteiger partial charge in [0.2, 0.25) is 5.78 Å². The van der Waals surface area contributed by atoms with E-state index in [1.165, 1.54) is 18.2 Å². The van der Waals surface area contributed by atoms with Crippen LogP contribution in [0.25, 0.3) is 0 Å². The van der Waals surface area contributed by atoms with Gasteiger partial charge >= 0.3 is 6.18 Å². The summed E-state index contributed by atoms with van der Waals surface area (Å²) in [6.07, 6.45) is -4.55. The lowest BCUT2D eigenvalue weighted by atomic mass is 9.93. The zero-order chi connectivity index (χ0) is 15.6. The minimum absolute atomic E-state index is 0.0425. The van der Waals surface area contributed by atoms with Crippen molar-refractivity contribution in [3.8, 4) is 6.07 Å². The van der Waals surface area contributed by atoms with Crippen LogP contribution < -0.4 is 0 Å². The number of carbonyl (C=O) groups is 1. The average molecular weight is 314 g/mol. The van der Waals surface area contributed by atoms with Gasteiger partial charge in [0, 0.05) is 0 Å². The first-order valence-electron chi connectivity index (χ1n) is 5.69. The number of furan rings is 1. The molecule has 0 spiro atoms. The molecule has 0 bridgehead atoms. The second kappa shape index (κ2) is 5.62. The van der Waals surface area contributed by atoms with Crippen LogP contribution in [0.2, 0.25) is 5.22 Å². The highest BCUT2D eigenvalue weighted by Crippen LogP contribution is 2.32. The van der Waals surface area contributed by atoms with Gasteiger partial charge in [-0.05, 0) is 35.4 Å². The van der Waals surface area contributed by atoms with Crippen LogP contribution in [0.15, 0.2) is 40.8 Å². The summed E-state index contributed by atoms with van der Waals surface area (Å²) in [5.41, 5.74) is -0.977. The number of benzene rings is 1. The van der Waals surface area contributed by atoms with Gasteiger partial charge in [-0.1, -0.05) is 18.2 Å². The van der Waals surface area contributed by atoms with Crippen LogP contribution in [-0.4, -0.2) is 5.78 Å². The molecule has 0 aliphatic rings. The van der Waals surface area contributed by atoms with E-state index in [4.69, 9.17) is 21.3 Å². The van der Waals surface area contributed by atoms with E-state index < -0.39 is 23.4 Å². The zero-order valence-corrected chi connectivity index (χ0v) is 11.1. The molecule has 0 aliphatic carbocycles. The first-order valence-corrected chi connectivity index (χ1v) is 6.07. The Hall–Kier alpha value is -2.26. The van der Waals surface area contributed by atoms with Crippen LogP contribution in [0.4, 0.5) is 13.2 Å². The van der Waals surface area contributed by atoms with Gasteiger partial charge in [0.1, 0.15) is 5.92 Å². The van der Waals surface area contributed by atoms with Crippen LogP contribution in [0.1, 0.15) is 27.6 Å². The zero-order valence-electron chi connectivity index (χ0n) is 10.3. The molecule has 1 unspecified atom stereocenters. The standard InChI is InChI=1S/C14H7ClF3NO2/c15-12-5-4-11(21-12)13(20)10(7-19)8-2-1-3-9(6-8)14(16,17)18/h1-6,10H. The van der Waals surface area contributed by atoms with Crippen LogP contribution in [-0.2, 0) is 6.18 Å². The molecule has 21 heavy (non-hydrogen) atoms. The van der Waals surface area contributed by atoms with Gasteiger partial charge < -0.3 is 4.42 Å². The maximum absolute atomic E-state index is 12.7. The summed E-state index contributed by atoms with van der Waals surface area (Å²) in [5.74, 6) is -2.32. The van der Waals surface area contributed by atoms with E-state index >= 15 is 0 Å². The summed E-state index contributed by atoms with van der Waals surface area (Å²) in [7, 11) is 0. The molecule has 0 radical (unpaired) electrons. The first kappa shape index (κ1) is 15.1. The van der Waals surface area contributed by atoms with Crippen LogP contribution >= 0.6 is 11.6 Å². The Kier molecular flexibility index (Phi) is 4.05. The Morgan fingerprint density at radius 2 is 2.00 bits per heavy atom. The lowest BCUT2D eigenvalue weighted by Crippen LogP contribution is -2.12. The van der Waals surface area contributed by atoms with E-state index in [-0.39, 0.29) is 16.5 Å². The molecule has 0 aliphatic heterocycles. The summed E-state index contributed by atoms with van der Waals surface area (Å²) >= 11 is 5.53. The average Bonchev–Trinajstić information content (AvgIpc) is 2.85. The van der Waals surface area contributed by atoms with Crippen molar-refractivity contribution in [2.24, 2.45) is 0 Å². The van der Waals surface area contributed by atoms with E-state index in [9.17, 15) is 18.0 Å². The van der Waals surface area contributed by atoms with Crippen molar-refractivity contribution in [2.75, 3.05) is 0 Å². The number of alkyl halides is 3. The van der Waals surface area contributed by atoms with Gasteiger partial charge in [-0.25, -0.2) is 0 Å². The molecule has 0 saturated heterocycles. The van der Waals surface area contributed by atoms with Gasteiger partial charge in [0.15, 0.2) is 11.0 Å². The molecule has 1 atom stereocenters. The largest absolute Gasteiger partial charge is 0.442 e. The fourth-order valence-electron chi connectivity index (χ4n) is 1.77. The smallest absolute Gasteiger partial charge is 0.416 e. The summed E-state index contributed by atoms with van der Waals surface area (Å²) in [5, 5.41) is 9.04. The first-order chi connectivity index (χ1) is 9.82. The minimum atomic E-state index is -4.55. The van der Waals surface area contributed by atoms with Crippen LogP contribution in [0.5, 0.6) is 0 Å². The Bertz CT molecular complexity index is 715. The molecule has 1 aromatic carbocycles. The molecule has 1 heterocycles. The molecule has 0 saturated carbocycles. The van der Waals surface area contributed by atoms with E-state index in [0.29, 0.717) is 0 Å². The second-order valence-corrected chi connectivity index (χ2v) is 4.53. The van der Waals surface area contributed by atoms with Gasteiger partial charge in [0.25, 0.3) is 0 Å². The number of hydrogen-bond donors (Lipinski definition) is 0. The van der Waals surface area contributed by atoms with Gasteiger partial charge in [-0.2, -0.15) is 18.4 Å². The number of carbonyl (C=O) groups excluding carboxylic acids is 1. The van der Waals surface area contributed by atoms with E-state index in [1.54, 1.807) is 6.07 Å². The van der Waals surface area contributed by atoms with Crippen LogP contribution in [0, 0.1) is 11.3 Å². The third-order valence-corrected chi connectivity index (χ3v) is 2.96. The molecule has 3 nitrogen and oxygen atoms in total. The molecule has 0 amide bonds. The van der Waals surface area contributed by atoms with Gasteiger partial charge in [-0.15, -0.1) is 0 Å². The van der Waals surface area contributed by atoms with Crippen molar-refractivity contribution in [1.29, 1.82) is 5.26 Å². The highest BCUT2D eigenvalue weighted by atomic mass is 35.5. The number of nitriles is 1. The predicted molar refractivity (Wildman–Crippen MR) is 67.8 cm³/mol. The molecule has 7 heteroatoms. The number of ketones is 1. The Morgan fingerprint density at radius 3 is 2.52 bits per heavy atom. The van der Waals surface area contributed by atoms with E-state index in [1.807, 2.05) is 0 Å². The predicted octanol–water partition coefficient (Wildman–Crippen LogP) is 4.44. The van der Waals surface area contributed by atoms with Crippen molar-refractivity contribution in [3.63, 3.8) is 0 Å². The molecular formula is C14H7ClF3NO2. The van der Waals surface area contributed by atoms with Gasteiger partial charge in [0.05, 0.1) is 11.6 Å². The molecule has 0 N–H and O–H groups in total. The maximum atomic E-state index is 12.7. The Labute approximate surface area is 122 Å². The number of nitrogens with zero attached hydrogens (tertiary/aromatic N) is 1. The van der Waals surface area contributed by atoms with E-state index in [0.717, 1.165) is 18.2 Å². The third-order valence-electron chi connectivity index (χ3n) is 2.75. The molecule has 108 valence electrons. The van der Waals surface area contributed by atoms with Gasteiger partial charge in [-0.3, -0.25) is 4.79 Å². The molecule has 0 fully saturated rings. The summed E-state index contributed by atoms with van der Waals surface area (Å²) in [6, 6.07) is 8.33. The Balaban J connectivity index is 2.39. The summed E-state index contributed by atoms with van der Waals surface area (Å²) in [6.45, 7) is 0. The fraction of sp³-hybridized carbons (Fsp3) is 0.143. The molecule has 2 aromatic rings. The van der Waals surface area contributed by atoms with Crippen molar-refractivity contribution >= 4 is 17.4 Å². The summed E-state index contributed by atoms with van der Waals surface area (Å²) < 4.78 is 42.9. The topological polar surface area (TPSA) is 54.0 Å². The highest BCUT2D eigenvalue weighted by Gasteiger charge is 2.32. The Morgan fingerprint density at radius 1 is 1.29 bits per heavy atom. The molecule has 2 rings (SSSR count). The normalized spacial score (nSPS) is 12.7. The highest BCUT2D eigenvalue weighted by molar-refractivity contribution is 6.29. The number of hydrogen-bond acceptors (Lipinski definition) is 3. The summed E-state index contributed by atoms with van der Waals surface area (Å²) in [4.78, 5) is 12.1. The lowest BCUT2D eigenvalue weighted by Gasteiger charge is -2.11. The van der Waals surface area contributed by atoms with Crippen molar-refractivity contribution in [1.82, 2.24) is 0 Å².